The predicted molar refractivity (Wildman–Crippen MR) is 74.8 cm³/mol. The van der Waals surface area contributed by atoms with Crippen LogP contribution in [0.2, 0.25) is 0 Å². The number of nitrogens with zero attached hydrogens (tertiary/aromatic N) is 2. The first-order valence-corrected chi connectivity index (χ1v) is 6.72. The number of carbonyl (C=O) groups is 1. The highest BCUT2D eigenvalue weighted by Crippen LogP contribution is 2.28. The number of amides is 1. The molecule has 0 saturated heterocycles. The van der Waals surface area contributed by atoms with Gasteiger partial charge in [0.1, 0.15) is 6.54 Å². The maximum atomic E-state index is 12.4. The second-order valence-corrected chi connectivity index (χ2v) is 6.15. The lowest BCUT2D eigenvalue weighted by molar-refractivity contribution is 0.0765. The van der Waals surface area contributed by atoms with Crippen LogP contribution in [0.25, 0.3) is 0 Å². The molecule has 0 spiro atoms. The van der Waals surface area contributed by atoms with Crippen molar-refractivity contribution in [2.75, 3.05) is 6.54 Å². The third-order valence-electron chi connectivity index (χ3n) is 3.49. The van der Waals surface area contributed by atoms with E-state index in [4.69, 9.17) is 5.26 Å². The fraction of sp³-hybridized carbons (Fsp3) is 0.500. The van der Waals surface area contributed by atoms with Crippen molar-refractivity contribution in [2.45, 2.75) is 45.1 Å². The molecule has 0 bridgehead atoms. The summed E-state index contributed by atoms with van der Waals surface area (Å²) < 4.78 is 0. The molecule has 1 aromatic rings. The van der Waals surface area contributed by atoms with Gasteiger partial charge in [0.2, 0.25) is 0 Å². The maximum Gasteiger partial charge on any atom is 0.254 e. The van der Waals surface area contributed by atoms with Crippen molar-refractivity contribution in [3.63, 3.8) is 0 Å². The molecule has 0 aliphatic heterocycles. The van der Waals surface area contributed by atoms with Gasteiger partial charge < -0.3 is 4.90 Å². The van der Waals surface area contributed by atoms with Crippen LogP contribution >= 0.6 is 0 Å². The highest BCUT2D eigenvalue weighted by Gasteiger charge is 2.32. The van der Waals surface area contributed by atoms with E-state index in [2.05, 4.69) is 26.8 Å². The summed E-state index contributed by atoms with van der Waals surface area (Å²) in [5.41, 5.74) is 1.97. The van der Waals surface area contributed by atoms with Crippen molar-refractivity contribution >= 4 is 5.91 Å². The Morgan fingerprint density at radius 2 is 1.89 bits per heavy atom. The van der Waals surface area contributed by atoms with Gasteiger partial charge in [-0.25, -0.2) is 0 Å². The first kappa shape index (κ1) is 13.6. The van der Waals surface area contributed by atoms with Gasteiger partial charge >= 0.3 is 0 Å². The van der Waals surface area contributed by atoms with Crippen LogP contribution in [0.4, 0.5) is 0 Å². The zero-order chi connectivity index (χ0) is 14.0. The number of nitriles is 1. The molecule has 3 heteroatoms. The average Bonchev–Trinajstić information content (AvgIpc) is 3.18. The Hall–Kier alpha value is -1.82. The Kier molecular flexibility index (Phi) is 3.61. The van der Waals surface area contributed by atoms with Crippen molar-refractivity contribution < 1.29 is 4.79 Å². The van der Waals surface area contributed by atoms with E-state index in [1.807, 2.05) is 24.3 Å². The SMILES string of the molecule is CC(C)(C)c1ccc(C(=O)N(CC#N)C2CC2)cc1. The summed E-state index contributed by atoms with van der Waals surface area (Å²) in [5.74, 6) is -0.0236. The van der Waals surface area contributed by atoms with E-state index < -0.39 is 0 Å². The van der Waals surface area contributed by atoms with E-state index in [0.29, 0.717) is 5.56 Å². The summed E-state index contributed by atoms with van der Waals surface area (Å²) >= 11 is 0. The third kappa shape index (κ3) is 3.14. The fourth-order valence-electron chi connectivity index (χ4n) is 2.11. The normalized spacial score (nSPS) is 14.8. The van der Waals surface area contributed by atoms with E-state index in [-0.39, 0.29) is 23.9 Å². The third-order valence-corrected chi connectivity index (χ3v) is 3.49. The quantitative estimate of drug-likeness (QED) is 0.780. The Morgan fingerprint density at radius 1 is 1.32 bits per heavy atom. The topological polar surface area (TPSA) is 44.1 Å². The molecule has 100 valence electrons. The molecule has 0 radical (unpaired) electrons. The zero-order valence-electron chi connectivity index (χ0n) is 11.8. The molecule has 1 aromatic carbocycles. The average molecular weight is 256 g/mol. The fourth-order valence-corrected chi connectivity index (χ4v) is 2.11. The lowest BCUT2D eigenvalue weighted by atomic mass is 9.86. The molecular formula is C16H20N2O. The van der Waals surface area contributed by atoms with E-state index in [1.165, 1.54) is 5.56 Å². The van der Waals surface area contributed by atoms with Crippen LogP contribution in [0.3, 0.4) is 0 Å². The maximum absolute atomic E-state index is 12.4. The molecular weight excluding hydrogens is 236 g/mol. The second-order valence-electron chi connectivity index (χ2n) is 6.15. The van der Waals surface area contributed by atoms with Crippen molar-refractivity contribution in [2.24, 2.45) is 0 Å². The number of hydrogen-bond donors (Lipinski definition) is 0. The molecule has 0 aromatic heterocycles. The van der Waals surface area contributed by atoms with Crippen LogP contribution in [-0.4, -0.2) is 23.4 Å². The highest BCUT2D eigenvalue weighted by atomic mass is 16.2. The minimum Gasteiger partial charge on any atom is -0.322 e. The highest BCUT2D eigenvalue weighted by molar-refractivity contribution is 5.94. The smallest absolute Gasteiger partial charge is 0.254 e. The predicted octanol–water partition coefficient (Wildman–Crippen LogP) is 3.11. The zero-order valence-corrected chi connectivity index (χ0v) is 11.8. The Morgan fingerprint density at radius 3 is 2.32 bits per heavy atom. The number of hydrogen-bond acceptors (Lipinski definition) is 2. The second kappa shape index (κ2) is 5.05. The van der Waals surface area contributed by atoms with Crippen LogP contribution in [0.5, 0.6) is 0 Å². The van der Waals surface area contributed by atoms with Crippen LogP contribution in [0.15, 0.2) is 24.3 Å². The molecule has 1 fully saturated rings. The molecule has 0 N–H and O–H groups in total. The van der Waals surface area contributed by atoms with Gasteiger partial charge in [-0.3, -0.25) is 4.79 Å². The van der Waals surface area contributed by atoms with Crippen LogP contribution in [-0.2, 0) is 5.41 Å². The molecule has 1 aliphatic carbocycles. The molecule has 2 rings (SSSR count). The van der Waals surface area contributed by atoms with Gasteiger partial charge in [0, 0.05) is 11.6 Å². The van der Waals surface area contributed by atoms with Crippen molar-refractivity contribution in [1.82, 2.24) is 4.90 Å². The molecule has 1 aliphatic rings. The number of rotatable bonds is 3. The summed E-state index contributed by atoms with van der Waals surface area (Å²) in [6, 6.07) is 10.1. The van der Waals surface area contributed by atoms with Crippen LogP contribution < -0.4 is 0 Å². The molecule has 3 nitrogen and oxygen atoms in total. The summed E-state index contributed by atoms with van der Waals surface area (Å²) in [4.78, 5) is 14.0. The lowest BCUT2D eigenvalue weighted by Gasteiger charge is -2.21. The number of benzene rings is 1. The van der Waals surface area contributed by atoms with Gasteiger partial charge in [0.15, 0.2) is 0 Å². The summed E-state index contributed by atoms with van der Waals surface area (Å²) in [6.45, 7) is 6.63. The van der Waals surface area contributed by atoms with Gasteiger partial charge in [-0.1, -0.05) is 32.9 Å². The van der Waals surface area contributed by atoms with Gasteiger partial charge in [-0.2, -0.15) is 5.26 Å². The van der Waals surface area contributed by atoms with E-state index in [9.17, 15) is 4.79 Å². The summed E-state index contributed by atoms with van der Waals surface area (Å²) in [6.07, 6.45) is 2.04. The minimum absolute atomic E-state index is 0.0236. The Balaban J connectivity index is 2.17. The lowest BCUT2D eigenvalue weighted by Crippen LogP contribution is -2.33. The minimum atomic E-state index is -0.0236. The molecule has 0 heterocycles. The first-order chi connectivity index (χ1) is 8.93. The largest absolute Gasteiger partial charge is 0.322 e. The van der Waals surface area contributed by atoms with E-state index in [0.717, 1.165) is 12.8 Å². The Labute approximate surface area is 114 Å². The van der Waals surface area contributed by atoms with Crippen LogP contribution in [0.1, 0.15) is 49.5 Å². The molecule has 19 heavy (non-hydrogen) atoms. The van der Waals surface area contributed by atoms with Crippen molar-refractivity contribution in [3.05, 3.63) is 35.4 Å². The molecule has 0 atom stereocenters. The van der Waals surface area contributed by atoms with Gasteiger partial charge in [0.25, 0.3) is 5.91 Å². The summed E-state index contributed by atoms with van der Waals surface area (Å²) in [7, 11) is 0. The Bertz CT molecular complexity index is 501. The molecule has 1 amide bonds. The van der Waals surface area contributed by atoms with E-state index in [1.54, 1.807) is 4.90 Å². The van der Waals surface area contributed by atoms with Crippen LogP contribution in [0, 0.1) is 11.3 Å². The molecule has 1 saturated carbocycles. The van der Waals surface area contributed by atoms with Gasteiger partial charge in [0.05, 0.1) is 6.07 Å². The van der Waals surface area contributed by atoms with E-state index >= 15 is 0 Å². The standard InChI is InChI=1S/C16H20N2O/c1-16(2,3)13-6-4-12(5-7-13)15(19)18(11-10-17)14-8-9-14/h4-7,14H,8-9,11H2,1-3H3. The van der Waals surface area contributed by atoms with Gasteiger partial charge in [-0.05, 0) is 36.0 Å². The van der Waals surface area contributed by atoms with Crippen molar-refractivity contribution in [1.29, 1.82) is 5.26 Å². The molecule has 0 unspecified atom stereocenters. The summed E-state index contributed by atoms with van der Waals surface area (Å²) in [5, 5.41) is 8.82. The van der Waals surface area contributed by atoms with Gasteiger partial charge in [-0.15, -0.1) is 0 Å². The first-order valence-electron chi connectivity index (χ1n) is 6.72. The number of carbonyl (C=O) groups excluding carboxylic acids is 1. The van der Waals surface area contributed by atoms with Crippen molar-refractivity contribution in [3.8, 4) is 6.07 Å². The monoisotopic (exact) mass is 256 g/mol.